The first kappa shape index (κ1) is 19.1. The summed E-state index contributed by atoms with van der Waals surface area (Å²) in [5.41, 5.74) is 2.75. The van der Waals surface area contributed by atoms with E-state index in [0.29, 0.717) is 11.5 Å². The van der Waals surface area contributed by atoms with Crippen LogP contribution in [0.1, 0.15) is 43.4 Å². The van der Waals surface area contributed by atoms with Crippen molar-refractivity contribution in [1.82, 2.24) is 0 Å². The first-order valence-electron chi connectivity index (χ1n) is 9.46. The molecule has 3 unspecified atom stereocenters. The highest BCUT2D eigenvalue weighted by Crippen LogP contribution is 2.43. The minimum atomic E-state index is -0.124. The Bertz CT molecular complexity index is 950. The van der Waals surface area contributed by atoms with Crippen molar-refractivity contribution in [3.63, 3.8) is 0 Å². The van der Waals surface area contributed by atoms with Crippen LogP contribution in [0.15, 0.2) is 75.1 Å². The van der Waals surface area contributed by atoms with Crippen LogP contribution in [0.5, 0.6) is 0 Å². The van der Waals surface area contributed by atoms with E-state index in [4.69, 9.17) is 26.6 Å². The summed E-state index contributed by atoms with van der Waals surface area (Å²) in [5, 5.41) is 9.97. The van der Waals surface area contributed by atoms with Crippen molar-refractivity contribution >= 4 is 29.3 Å². The number of aliphatic imine (C=N–C) groups is 1. The van der Waals surface area contributed by atoms with Gasteiger partial charge in [-0.15, -0.1) is 0 Å². The summed E-state index contributed by atoms with van der Waals surface area (Å²) in [6, 6.07) is 9.73. The van der Waals surface area contributed by atoms with Gasteiger partial charge in [-0.3, -0.25) is 0 Å². The van der Waals surface area contributed by atoms with E-state index in [1.807, 2.05) is 30.3 Å². The van der Waals surface area contributed by atoms with E-state index in [-0.39, 0.29) is 11.5 Å². The molecule has 0 bridgehead atoms. The summed E-state index contributed by atoms with van der Waals surface area (Å²) >= 11 is 7.83. The Labute approximate surface area is 175 Å². The first-order valence-corrected chi connectivity index (χ1v) is 10.7. The number of rotatable bonds is 4. The van der Waals surface area contributed by atoms with Gasteiger partial charge in [-0.05, 0) is 53.9 Å². The monoisotopic (exact) mass is 408 g/mol. The van der Waals surface area contributed by atoms with Crippen molar-refractivity contribution in [3.8, 4) is 6.07 Å². The number of hydrogen-bond donors (Lipinski definition) is 0. The predicted molar refractivity (Wildman–Crippen MR) is 116 cm³/mol. The number of nitrogens with zero attached hydrogens (tertiary/aromatic N) is 2. The van der Waals surface area contributed by atoms with Crippen LogP contribution in [0, 0.1) is 17.2 Å². The number of hydrogen-bond acceptors (Lipinski definition) is 4. The van der Waals surface area contributed by atoms with Gasteiger partial charge in [0.05, 0.1) is 11.6 Å². The number of ether oxygens (including phenoxy) is 1. The molecular weight excluding hydrogens is 388 g/mol. The molecule has 0 spiro atoms. The van der Waals surface area contributed by atoms with Gasteiger partial charge in [0, 0.05) is 10.6 Å². The summed E-state index contributed by atoms with van der Waals surface area (Å²) in [4.78, 5) is 6.21. The van der Waals surface area contributed by atoms with Gasteiger partial charge >= 0.3 is 0 Å². The first-order chi connectivity index (χ1) is 13.6. The lowest BCUT2D eigenvalue weighted by Gasteiger charge is -2.21. The fraction of sp³-hybridized carbons (Fsp3) is 0.304. The molecule has 1 aromatic carbocycles. The molecule has 0 amide bonds. The minimum absolute atomic E-state index is 0.0999. The molecule has 0 N–H and O–H groups in total. The SMILES string of the molecule is CC1C=CC=C(C2=NC(c3ccc(C#N)cc3)C(SC3=CC=C(Cl)CC3)O2)C1. The molecule has 5 heteroatoms. The Morgan fingerprint density at radius 1 is 1.18 bits per heavy atom. The molecule has 3 aliphatic rings. The van der Waals surface area contributed by atoms with E-state index < -0.39 is 0 Å². The van der Waals surface area contributed by atoms with Gasteiger partial charge in [0.15, 0.2) is 5.44 Å². The van der Waals surface area contributed by atoms with Gasteiger partial charge in [0.25, 0.3) is 0 Å². The summed E-state index contributed by atoms with van der Waals surface area (Å²) in [5.74, 6) is 1.23. The number of nitriles is 1. The van der Waals surface area contributed by atoms with E-state index >= 15 is 0 Å². The van der Waals surface area contributed by atoms with Gasteiger partial charge < -0.3 is 4.74 Å². The lowest BCUT2D eigenvalue weighted by Crippen LogP contribution is -2.15. The maximum Gasteiger partial charge on any atom is 0.213 e. The lowest BCUT2D eigenvalue weighted by atomic mass is 9.96. The lowest BCUT2D eigenvalue weighted by molar-refractivity contribution is 0.283. The molecule has 4 rings (SSSR count). The second-order valence-electron chi connectivity index (χ2n) is 7.22. The van der Waals surface area contributed by atoms with Crippen molar-refractivity contribution in [1.29, 1.82) is 5.26 Å². The largest absolute Gasteiger partial charge is 0.460 e. The van der Waals surface area contributed by atoms with Crippen LogP contribution >= 0.6 is 23.4 Å². The van der Waals surface area contributed by atoms with E-state index in [1.54, 1.807) is 11.8 Å². The predicted octanol–water partition coefficient (Wildman–Crippen LogP) is 6.41. The number of allylic oxidation sites excluding steroid dienone is 7. The van der Waals surface area contributed by atoms with Crippen LogP contribution in [0.2, 0.25) is 0 Å². The average Bonchev–Trinajstić information content (AvgIpc) is 3.14. The molecule has 0 saturated carbocycles. The molecule has 3 atom stereocenters. The Balaban J connectivity index is 1.61. The van der Waals surface area contributed by atoms with Gasteiger partial charge in [-0.2, -0.15) is 5.26 Å². The average molecular weight is 409 g/mol. The third kappa shape index (κ3) is 4.27. The molecule has 2 aliphatic carbocycles. The minimum Gasteiger partial charge on any atom is -0.460 e. The van der Waals surface area contributed by atoms with Crippen molar-refractivity contribution in [2.45, 2.75) is 37.7 Å². The van der Waals surface area contributed by atoms with Crippen LogP contribution < -0.4 is 0 Å². The molecule has 0 saturated heterocycles. The van der Waals surface area contributed by atoms with Crippen LogP contribution in [-0.4, -0.2) is 11.3 Å². The third-order valence-electron chi connectivity index (χ3n) is 5.00. The molecule has 1 aliphatic heterocycles. The number of halogens is 1. The van der Waals surface area contributed by atoms with Crippen molar-refractivity contribution in [3.05, 3.63) is 81.3 Å². The Hall–Kier alpha value is -2.22. The van der Waals surface area contributed by atoms with E-state index in [2.05, 4.69) is 37.3 Å². The third-order valence-corrected chi connectivity index (χ3v) is 6.55. The second-order valence-corrected chi connectivity index (χ2v) is 8.93. The van der Waals surface area contributed by atoms with E-state index in [0.717, 1.165) is 41.3 Å². The smallest absolute Gasteiger partial charge is 0.213 e. The molecule has 28 heavy (non-hydrogen) atoms. The standard InChI is InChI=1S/C23H21ClN2OS/c1-15-3-2-4-18(13-15)22-26-21(17-7-5-16(14-25)6-8-17)23(27-22)28-20-11-9-19(24)10-12-20/h2-9,11,15,21,23H,10,12-13H2,1H3. The van der Waals surface area contributed by atoms with Gasteiger partial charge in [-0.25, -0.2) is 4.99 Å². The van der Waals surface area contributed by atoms with Gasteiger partial charge in [-0.1, -0.05) is 66.7 Å². The summed E-state index contributed by atoms with van der Waals surface area (Å²) in [7, 11) is 0. The van der Waals surface area contributed by atoms with Crippen LogP contribution in [0.4, 0.5) is 0 Å². The zero-order valence-electron chi connectivity index (χ0n) is 15.6. The van der Waals surface area contributed by atoms with Crippen molar-refractivity contribution in [2.24, 2.45) is 10.9 Å². The highest BCUT2D eigenvalue weighted by molar-refractivity contribution is 8.03. The van der Waals surface area contributed by atoms with Crippen molar-refractivity contribution < 1.29 is 4.74 Å². The summed E-state index contributed by atoms with van der Waals surface area (Å²) in [6.45, 7) is 2.20. The van der Waals surface area contributed by atoms with E-state index in [1.165, 1.54) is 4.91 Å². The quantitative estimate of drug-likeness (QED) is 0.578. The number of benzene rings is 1. The maximum atomic E-state index is 9.08. The molecule has 1 heterocycles. The topological polar surface area (TPSA) is 45.4 Å². The zero-order valence-corrected chi connectivity index (χ0v) is 17.2. The van der Waals surface area contributed by atoms with Gasteiger partial charge in [0.1, 0.15) is 6.04 Å². The Kier molecular flexibility index (Phi) is 5.75. The van der Waals surface area contributed by atoms with E-state index in [9.17, 15) is 0 Å². The molecule has 0 fully saturated rings. The fourth-order valence-electron chi connectivity index (χ4n) is 3.47. The Morgan fingerprint density at radius 2 is 2.00 bits per heavy atom. The molecule has 0 radical (unpaired) electrons. The van der Waals surface area contributed by atoms with Gasteiger partial charge in [0.2, 0.25) is 5.90 Å². The highest BCUT2D eigenvalue weighted by atomic mass is 35.5. The molecule has 0 aromatic heterocycles. The van der Waals surface area contributed by atoms with Crippen molar-refractivity contribution in [2.75, 3.05) is 0 Å². The molecule has 3 nitrogen and oxygen atoms in total. The maximum absolute atomic E-state index is 9.08. The highest BCUT2D eigenvalue weighted by Gasteiger charge is 2.35. The molecule has 1 aromatic rings. The second kappa shape index (κ2) is 8.43. The summed E-state index contributed by atoms with van der Waals surface area (Å²) < 4.78 is 6.35. The Morgan fingerprint density at radius 3 is 2.68 bits per heavy atom. The molecular formula is C23H21ClN2OS. The fourth-order valence-corrected chi connectivity index (χ4v) is 4.78. The van der Waals surface area contributed by atoms with Crippen LogP contribution in [0.25, 0.3) is 0 Å². The normalized spacial score (nSPS) is 26.5. The summed E-state index contributed by atoms with van der Waals surface area (Å²) in [6.07, 6.45) is 13.2. The molecule has 142 valence electrons. The number of thioether (sulfide) groups is 1. The zero-order chi connectivity index (χ0) is 19.5. The van der Waals surface area contributed by atoms with Crippen LogP contribution in [-0.2, 0) is 4.74 Å². The van der Waals surface area contributed by atoms with Crippen LogP contribution in [0.3, 0.4) is 0 Å².